The monoisotopic (exact) mass is 441 g/mol. The molecule has 0 aliphatic carbocycles. The maximum absolute atomic E-state index is 9.51. The van der Waals surface area contributed by atoms with Crippen molar-refractivity contribution < 1.29 is 9.84 Å². The molecule has 0 amide bonds. The second-order valence-electron chi connectivity index (χ2n) is 8.95. The molecule has 0 radical (unpaired) electrons. The van der Waals surface area contributed by atoms with Crippen molar-refractivity contribution in [2.75, 3.05) is 31.2 Å². The number of benzene rings is 2. The smallest absolute Gasteiger partial charge is 0.225 e. The number of hydrogen-bond donors (Lipinski definition) is 1. The minimum absolute atomic E-state index is 0.104. The third kappa shape index (κ3) is 3.77. The van der Waals surface area contributed by atoms with Gasteiger partial charge in [-0.3, -0.25) is 0 Å². The molecule has 4 aromatic rings. The Bertz CT molecular complexity index is 1260. The Labute approximate surface area is 192 Å². The predicted molar refractivity (Wildman–Crippen MR) is 127 cm³/mol. The van der Waals surface area contributed by atoms with Gasteiger partial charge in [0.25, 0.3) is 0 Å². The van der Waals surface area contributed by atoms with E-state index >= 15 is 0 Å². The normalized spacial score (nSPS) is 20.7. The fourth-order valence-electron chi connectivity index (χ4n) is 5.06. The van der Waals surface area contributed by atoms with E-state index in [9.17, 15) is 5.11 Å². The number of ether oxygens (including phenoxy) is 1. The number of hydrogen-bond acceptors (Lipinski definition) is 6. The topological polar surface area (TPSA) is 76.3 Å². The Morgan fingerprint density at radius 2 is 1.88 bits per heavy atom. The van der Waals surface area contributed by atoms with Gasteiger partial charge >= 0.3 is 0 Å². The van der Waals surface area contributed by atoms with Crippen LogP contribution in [-0.4, -0.2) is 50.9 Å². The lowest BCUT2D eigenvalue weighted by atomic mass is 9.99. The van der Waals surface area contributed by atoms with Gasteiger partial charge in [0.15, 0.2) is 0 Å². The maximum Gasteiger partial charge on any atom is 0.225 e. The van der Waals surface area contributed by atoms with Crippen LogP contribution >= 0.6 is 0 Å². The molecule has 7 heteroatoms. The number of fused-ring (bicyclic) bond motifs is 3. The fraction of sp³-hybridized carbons (Fsp3) is 0.346. The van der Waals surface area contributed by atoms with Crippen LogP contribution in [0.3, 0.4) is 0 Å². The molecule has 0 saturated carbocycles. The Balaban J connectivity index is 1.34. The van der Waals surface area contributed by atoms with Crippen molar-refractivity contribution in [2.24, 2.45) is 5.92 Å². The van der Waals surface area contributed by atoms with Crippen molar-refractivity contribution in [3.05, 3.63) is 72.3 Å². The van der Waals surface area contributed by atoms with Crippen molar-refractivity contribution in [3.8, 4) is 11.1 Å². The minimum Gasteiger partial charge on any atom is -0.396 e. The van der Waals surface area contributed by atoms with Crippen LogP contribution in [0.25, 0.3) is 22.2 Å². The van der Waals surface area contributed by atoms with E-state index in [-0.39, 0.29) is 12.6 Å². The van der Waals surface area contributed by atoms with E-state index in [1.165, 1.54) is 5.56 Å². The molecule has 33 heavy (non-hydrogen) atoms. The highest BCUT2D eigenvalue weighted by molar-refractivity contribution is 5.83. The van der Waals surface area contributed by atoms with Crippen LogP contribution in [0, 0.1) is 5.92 Å². The van der Waals surface area contributed by atoms with Crippen molar-refractivity contribution in [3.63, 3.8) is 0 Å². The third-order valence-electron chi connectivity index (χ3n) is 6.80. The number of aliphatic hydroxyl groups excluding tert-OH is 1. The van der Waals surface area contributed by atoms with E-state index in [0.29, 0.717) is 19.1 Å². The summed E-state index contributed by atoms with van der Waals surface area (Å²) in [5, 5.41) is 9.51. The molecule has 2 aliphatic rings. The average Bonchev–Trinajstić information content (AvgIpc) is 3.27. The first-order chi connectivity index (χ1) is 16.3. The molecule has 168 valence electrons. The van der Waals surface area contributed by atoms with Crippen LogP contribution in [0.1, 0.15) is 30.3 Å². The Morgan fingerprint density at radius 3 is 2.70 bits per heavy atom. The molecule has 1 saturated heterocycles. The lowest BCUT2D eigenvalue weighted by Gasteiger charge is -2.31. The molecule has 1 fully saturated rings. The molecule has 6 rings (SSSR count). The van der Waals surface area contributed by atoms with Crippen LogP contribution in [0.5, 0.6) is 0 Å². The summed E-state index contributed by atoms with van der Waals surface area (Å²) in [6, 6.07) is 16.9. The number of aromatic nitrogens is 4. The summed E-state index contributed by atoms with van der Waals surface area (Å²) in [4.78, 5) is 16.3. The van der Waals surface area contributed by atoms with Crippen LogP contribution in [0.4, 0.5) is 5.95 Å². The van der Waals surface area contributed by atoms with Gasteiger partial charge in [0.05, 0.1) is 23.7 Å². The molecule has 2 aliphatic heterocycles. The van der Waals surface area contributed by atoms with Gasteiger partial charge in [0.2, 0.25) is 5.95 Å². The number of piperidine rings is 1. The highest BCUT2D eigenvalue weighted by Gasteiger charge is 2.26. The largest absolute Gasteiger partial charge is 0.396 e. The summed E-state index contributed by atoms with van der Waals surface area (Å²) in [5.74, 6) is 2.00. The molecular formula is C26H27N5O2. The first-order valence-corrected chi connectivity index (χ1v) is 11.6. The average molecular weight is 442 g/mol. The molecule has 2 atom stereocenters. The van der Waals surface area contributed by atoms with Crippen molar-refractivity contribution in [2.45, 2.75) is 25.5 Å². The van der Waals surface area contributed by atoms with E-state index in [1.807, 2.05) is 18.5 Å². The Hall–Kier alpha value is -3.29. The molecule has 4 heterocycles. The number of nitrogens with zero attached hydrogens (tertiary/aromatic N) is 5. The SMILES string of the molecule is OCC1CCCN(c2ncc(-c3ccc4nc5n(c4c3)[C@@H](c3ccccc3)COC5)cn2)C1. The second-order valence-corrected chi connectivity index (χ2v) is 8.95. The zero-order valence-corrected chi connectivity index (χ0v) is 18.5. The van der Waals surface area contributed by atoms with Gasteiger partial charge in [-0.1, -0.05) is 36.4 Å². The Morgan fingerprint density at radius 1 is 1.03 bits per heavy atom. The molecule has 0 bridgehead atoms. The zero-order chi connectivity index (χ0) is 22.2. The fourth-order valence-corrected chi connectivity index (χ4v) is 5.06. The van der Waals surface area contributed by atoms with Gasteiger partial charge in [-0.05, 0) is 42.0 Å². The summed E-state index contributed by atoms with van der Waals surface area (Å²) in [5.41, 5.74) is 5.35. The summed E-state index contributed by atoms with van der Waals surface area (Å²) >= 11 is 0. The second kappa shape index (κ2) is 8.57. The molecule has 0 spiro atoms. The summed E-state index contributed by atoms with van der Waals surface area (Å²) < 4.78 is 8.19. The van der Waals surface area contributed by atoms with Crippen molar-refractivity contribution in [1.82, 2.24) is 19.5 Å². The lowest BCUT2D eigenvalue weighted by Crippen LogP contribution is -2.37. The quantitative estimate of drug-likeness (QED) is 0.519. The molecule has 1 unspecified atom stereocenters. The summed E-state index contributed by atoms with van der Waals surface area (Å²) in [6.45, 7) is 3.13. The lowest BCUT2D eigenvalue weighted by molar-refractivity contribution is 0.0679. The van der Waals surface area contributed by atoms with Crippen molar-refractivity contribution >= 4 is 17.0 Å². The van der Waals surface area contributed by atoms with Gasteiger partial charge in [0, 0.05) is 37.7 Å². The molecular weight excluding hydrogens is 414 g/mol. The highest BCUT2D eigenvalue weighted by atomic mass is 16.5. The van der Waals surface area contributed by atoms with E-state index in [0.717, 1.165) is 59.9 Å². The van der Waals surface area contributed by atoms with E-state index < -0.39 is 0 Å². The molecule has 7 nitrogen and oxygen atoms in total. The first kappa shape index (κ1) is 20.3. The summed E-state index contributed by atoms with van der Waals surface area (Å²) in [6.07, 6.45) is 5.93. The maximum atomic E-state index is 9.51. The van der Waals surface area contributed by atoms with Gasteiger partial charge in [-0.25, -0.2) is 15.0 Å². The molecule has 1 N–H and O–H groups in total. The summed E-state index contributed by atoms with van der Waals surface area (Å²) in [7, 11) is 0. The Kier molecular flexibility index (Phi) is 5.28. The van der Waals surface area contributed by atoms with Crippen LogP contribution < -0.4 is 4.90 Å². The van der Waals surface area contributed by atoms with E-state index in [1.54, 1.807) is 0 Å². The molecule has 2 aromatic heterocycles. The standard InChI is InChI=1S/C26H27N5O2/c32-15-18-5-4-10-30(14-18)26-27-12-21(13-28-26)20-8-9-22-23(11-20)31-24(16-33-17-25(31)29-22)19-6-2-1-3-7-19/h1-3,6-9,11-13,18,24,32H,4-5,10,14-17H2/t18?,24-/m1/s1. The molecule has 2 aromatic carbocycles. The van der Waals surface area contributed by atoms with Crippen molar-refractivity contribution in [1.29, 1.82) is 0 Å². The van der Waals surface area contributed by atoms with Crippen LogP contribution in [0.15, 0.2) is 60.9 Å². The first-order valence-electron chi connectivity index (χ1n) is 11.6. The van der Waals surface area contributed by atoms with Crippen LogP contribution in [-0.2, 0) is 11.3 Å². The number of rotatable bonds is 4. The van der Waals surface area contributed by atoms with Crippen LogP contribution in [0.2, 0.25) is 0 Å². The third-order valence-corrected chi connectivity index (χ3v) is 6.80. The minimum atomic E-state index is 0.104. The van der Waals surface area contributed by atoms with Gasteiger partial charge in [-0.15, -0.1) is 0 Å². The number of aliphatic hydroxyl groups is 1. The zero-order valence-electron chi connectivity index (χ0n) is 18.5. The van der Waals surface area contributed by atoms with E-state index in [2.05, 4.69) is 61.9 Å². The van der Waals surface area contributed by atoms with E-state index in [4.69, 9.17) is 9.72 Å². The number of imidazole rings is 1. The van der Waals surface area contributed by atoms with Gasteiger partial charge < -0.3 is 19.3 Å². The number of anilines is 1. The predicted octanol–water partition coefficient (Wildman–Crippen LogP) is 3.82. The van der Waals surface area contributed by atoms with Gasteiger partial charge in [0.1, 0.15) is 12.4 Å². The van der Waals surface area contributed by atoms with Gasteiger partial charge in [-0.2, -0.15) is 0 Å². The highest BCUT2D eigenvalue weighted by Crippen LogP contribution is 2.33.